The number of thiazole rings is 1. The predicted octanol–water partition coefficient (Wildman–Crippen LogP) is 1.76. The minimum absolute atomic E-state index is 0.660. The van der Waals surface area contributed by atoms with Gasteiger partial charge in [0.1, 0.15) is 5.01 Å². The molecule has 0 aliphatic carbocycles. The zero-order valence-electron chi connectivity index (χ0n) is 9.04. The quantitative estimate of drug-likeness (QED) is 0.820. The summed E-state index contributed by atoms with van der Waals surface area (Å²) in [7, 11) is 0. The highest BCUT2D eigenvalue weighted by atomic mass is 32.1. The minimum Gasteiger partial charge on any atom is -0.313 e. The summed E-state index contributed by atoms with van der Waals surface area (Å²) in [5.74, 6) is 0. The van der Waals surface area contributed by atoms with Gasteiger partial charge in [-0.15, -0.1) is 11.3 Å². The van der Waals surface area contributed by atoms with Crippen molar-refractivity contribution in [3.63, 3.8) is 0 Å². The van der Waals surface area contributed by atoms with Crippen LogP contribution < -0.4 is 10.6 Å². The second kappa shape index (κ2) is 6.20. The van der Waals surface area contributed by atoms with E-state index in [-0.39, 0.29) is 0 Å². The Labute approximate surface area is 95.3 Å². The molecule has 1 aliphatic heterocycles. The molecule has 2 rings (SSSR count). The first-order chi connectivity index (χ1) is 7.45. The summed E-state index contributed by atoms with van der Waals surface area (Å²) < 4.78 is 0. The Balaban J connectivity index is 1.64. The van der Waals surface area contributed by atoms with Crippen LogP contribution in [-0.4, -0.2) is 24.1 Å². The first-order valence-electron chi connectivity index (χ1n) is 5.77. The molecule has 0 amide bonds. The van der Waals surface area contributed by atoms with Crippen molar-refractivity contribution in [3.8, 4) is 0 Å². The van der Waals surface area contributed by atoms with E-state index in [1.54, 1.807) is 11.3 Å². The monoisotopic (exact) mass is 225 g/mol. The first-order valence-corrected chi connectivity index (χ1v) is 6.65. The second-order valence-corrected chi connectivity index (χ2v) is 5.04. The van der Waals surface area contributed by atoms with Crippen molar-refractivity contribution in [2.45, 2.75) is 38.3 Å². The summed E-state index contributed by atoms with van der Waals surface area (Å²) >= 11 is 1.72. The molecule has 0 bridgehead atoms. The van der Waals surface area contributed by atoms with Crippen LogP contribution in [0.4, 0.5) is 0 Å². The molecule has 1 aromatic rings. The van der Waals surface area contributed by atoms with Crippen LogP contribution in [0.2, 0.25) is 0 Å². The fourth-order valence-corrected chi connectivity index (χ4v) is 2.55. The maximum absolute atomic E-state index is 4.25. The van der Waals surface area contributed by atoms with E-state index in [1.165, 1.54) is 37.2 Å². The number of nitrogens with zero attached hydrogens (tertiary/aromatic N) is 1. The lowest BCUT2D eigenvalue weighted by Gasteiger charge is -2.15. The van der Waals surface area contributed by atoms with Gasteiger partial charge in [-0.25, -0.2) is 4.98 Å². The average molecular weight is 225 g/mol. The fraction of sp³-hybridized carbons (Fsp3) is 0.727. The van der Waals surface area contributed by atoms with Gasteiger partial charge >= 0.3 is 0 Å². The van der Waals surface area contributed by atoms with E-state index in [1.807, 2.05) is 11.6 Å². The molecule has 84 valence electrons. The Kier molecular flexibility index (Phi) is 4.57. The van der Waals surface area contributed by atoms with Crippen molar-refractivity contribution < 1.29 is 0 Å². The normalized spacial score (nSPS) is 22.5. The summed E-state index contributed by atoms with van der Waals surface area (Å²) in [6, 6.07) is 0.660. The summed E-state index contributed by atoms with van der Waals surface area (Å²) in [6.45, 7) is 3.17. The van der Waals surface area contributed by atoms with Crippen LogP contribution in [0.15, 0.2) is 11.6 Å². The lowest BCUT2D eigenvalue weighted by Crippen LogP contribution is -2.37. The van der Waals surface area contributed by atoms with Crippen molar-refractivity contribution in [2.75, 3.05) is 13.1 Å². The number of hydrogen-bond donors (Lipinski definition) is 2. The maximum atomic E-state index is 4.25. The Hall–Kier alpha value is -0.450. The van der Waals surface area contributed by atoms with Gasteiger partial charge in [-0.3, -0.25) is 0 Å². The minimum atomic E-state index is 0.660. The molecule has 3 nitrogen and oxygen atoms in total. The van der Waals surface area contributed by atoms with Gasteiger partial charge in [0, 0.05) is 30.7 Å². The molecule has 1 aromatic heterocycles. The topological polar surface area (TPSA) is 37.0 Å². The molecule has 1 fully saturated rings. The molecule has 1 unspecified atom stereocenters. The van der Waals surface area contributed by atoms with E-state index in [4.69, 9.17) is 0 Å². The van der Waals surface area contributed by atoms with E-state index in [0.29, 0.717) is 6.04 Å². The number of nitrogens with one attached hydrogen (secondary N) is 2. The molecule has 2 N–H and O–H groups in total. The lowest BCUT2D eigenvalue weighted by atomic mass is 10.1. The zero-order chi connectivity index (χ0) is 10.3. The highest BCUT2D eigenvalue weighted by Crippen LogP contribution is 2.08. The Morgan fingerprint density at radius 1 is 1.47 bits per heavy atom. The standard InChI is InChI=1S/C11H19N3S/c1-2-4-10(13-5-3-1)8-12-9-11-14-6-7-15-11/h6-7,10,12-13H,1-5,8-9H2. The van der Waals surface area contributed by atoms with Crippen LogP contribution in [0.3, 0.4) is 0 Å². The van der Waals surface area contributed by atoms with Crippen molar-refractivity contribution >= 4 is 11.3 Å². The smallest absolute Gasteiger partial charge is 0.106 e. The van der Waals surface area contributed by atoms with Crippen LogP contribution in [0.25, 0.3) is 0 Å². The van der Waals surface area contributed by atoms with Crippen LogP contribution in [0, 0.1) is 0 Å². The van der Waals surface area contributed by atoms with Gasteiger partial charge in [-0.1, -0.05) is 12.8 Å². The Morgan fingerprint density at radius 3 is 3.33 bits per heavy atom. The van der Waals surface area contributed by atoms with Gasteiger partial charge in [0.05, 0.1) is 0 Å². The molecular weight excluding hydrogens is 206 g/mol. The van der Waals surface area contributed by atoms with E-state index < -0.39 is 0 Å². The maximum Gasteiger partial charge on any atom is 0.106 e. The third kappa shape index (κ3) is 3.89. The molecule has 1 atom stereocenters. The van der Waals surface area contributed by atoms with Gasteiger partial charge in [0.2, 0.25) is 0 Å². The molecule has 1 aliphatic rings. The molecule has 4 heteroatoms. The highest BCUT2D eigenvalue weighted by molar-refractivity contribution is 7.09. The van der Waals surface area contributed by atoms with E-state index in [0.717, 1.165) is 13.1 Å². The molecule has 0 aromatic carbocycles. The highest BCUT2D eigenvalue weighted by Gasteiger charge is 2.10. The number of hydrogen-bond acceptors (Lipinski definition) is 4. The number of rotatable bonds is 4. The van der Waals surface area contributed by atoms with Crippen LogP contribution in [0.5, 0.6) is 0 Å². The molecule has 2 heterocycles. The molecule has 0 saturated carbocycles. The molecule has 1 saturated heterocycles. The van der Waals surface area contributed by atoms with Crippen molar-refractivity contribution in [2.24, 2.45) is 0 Å². The summed E-state index contributed by atoms with van der Waals surface area (Å²) in [5, 5.41) is 10.3. The van der Waals surface area contributed by atoms with Crippen LogP contribution in [-0.2, 0) is 6.54 Å². The van der Waals surface area contributed by atoms with E-state index in [9.17, 15) is 0 Å². The third-order valence-electron chi connectivity index (χ3n) is 2.81. The van der Waals surface area contributed by atoms with Gasteiger partial charge in [0.15, 0.2) is 0 Å². The summed E-state index contributed by atoms with van der Waals surface area (Å²) in [4.78, 5) is 4.25. The first kappa shape index (κ1) is 11.0. The Morgan fingerprint density at radius 2 is 2.47 bits per heavy atom. The molecule has 15 heavy (non-hydrogen) atoms. The SMILES string of the molecule is c1csc(CNCC2CCCCCN2)n1. The van der Waals surface area contributed by atoms with Gasteiger partial charge in [-0.2, -0.15) is 0 Å². The average Bonchev–Trinajstić information content (AvgIpc) is 2.62. The molecule has 0 spiro atoms. The van der Waals surface area contributed by atoms with Crippen molar-refractivity contribution in [1.29, 1.82) is 0 Å². The van der Waals surface area contributed by atoms with Crippen molar-refractivity contribution in [1.82, 2.24) is 15.6 Å². The van der Waals surface area contributed by atoms with Gasteiger partial charge < -0.3 is 10.6 Å². The lowest BCUT2D eigenvalue weighted by molar-refractivity contribution is 0.470. The predicted molar refractivity (Wildman–Crippen MR) is 64.1 cm³/mol. The summed E-state index contributed by atoms with van der Waals surface area (Å²) in [6.07, 6.45) is 7.27. The van der Waals surface area contributed by atoms with E-state index in [2.05, 4.69) is 15.6 Å². The molecular formula is C11H19N3S. The molecule has 0 radical (unpaired) electrons. The van der Waals surface area contributed by atoms with Gasteiger partial charge in [-0.05, 0) is 19.4 Å². The second-order valence-electron chi connectivity index (χ2n) is 4.06. The largest absolute Gasteiger partial charge is 0.313 e. The van der Waals surface area contributed by atoms with Crippen molar-refractivity contribution in [3.05, 3.63) is 16.6 Å². The van der Waals surface area contributed by atoms with Crippen LogP contribution >= 0.6 is 11.3 Å². The third-order valence-corrected chi connectivity index (χ3v) is 3.59. The zero-order valence-corrected chi connectivity index (χ0v) is 9.85. The number of aromatic nitrogens is 1. The van der Waals surface area contributed by atoms with E-state index >= 15 is 0 Å². The van der Waals surface area contributed by atoms with Crippen LogP contribution in [0.1, 0.15) is 30.7 Å². The fourth-order valence-electron chi connectivity index (χ4n) is 1.97. The Bertz CT molecular complexity index is 253. The summed E-state index contributed by atoms with van der Waals surface area (Å²) in [5.41, 5.74) is 0. The van der Waals surface area contributed by atoms with Gasteiger partial charge in [0.25, 0.3) is 0 Å².